The van der Waals surface area contributed by atoms with Crippen molar-refractivity contribution < 1.29 is 0 Å². The van der Waals surface area contributed by atoms with Crippen LogP contribution in [0.1, 0.15) is 0 Å². The van der Waals surface area contributed by atoms with Crippen molar-refractivity contribution in [3.05, 3.63) is 12.4 Å². The SMILES string of the molecule is C=NC(=C)NCN. The molecule has 0 atom stereocenters. The van der Waals surface area contributed by atoms with Gasteiger partial charge in [-0.1, -0.05) is 6.58 Å². The summed E-state index contributed by atoms with van der Waals surface area (Å²) in [6.07, 6.45) is 0. The van der Waals surface area contributed by atoms with Crippen molar-refractivity contribution in [2.24, 2.45) is 10.7 Å². The number of hydrogen-bond donors (Lipinski definition) is 2. The molecule has 0 saturated heterocycles. The molecular formula is C4H9N3. The van der Waals surface area contributed by atoms with Crippen LogP contribution in [-0.4, -0.2) is 13.4 Å². The Morgan fingerprint density at radius 2 is 2.43 bits per heavy atom. The summed E-state index contributed by atoms with van der Waals surface area (Å²) in [5, 5.41) is 2.65. The fraction of sp³-hybridized carbons (Fsp3) is 0.250. The Labute approximate surface area is 42.9 Å². The molecule has 0 saturated carbocycles. The topological polar surface area (TPSA) is 50.4 Å². The van der Waals surface area contributed by atoms with Gasteiger partial charge in [0.1, 0.15) is 5.82 Å². The average Bonchev–Trinajstić information content (AvgIpc) is 1.68. The number of nitrogens with two attached hydrogens (primary N) is 1. The van der Waals surface area contributed by atoms with Crippen molar-refractivity contribution in [2.45, 2.75) is 0 Å². The van der Waals surface area contributed by atoms with Crippen LogP contribution in [0.3, 0.4) is 0 Å². The molecule has 40 valence electrons. The van der Waals surface area contributed by atoms with Gasteiger partial charge < -0.3 is 11.1 Å². The molecule has 0 unspecified atom stereocenters. The van der Waals surface area contributed by atoms with E-state index in [-0.39, 0.29) is 0 Å². The lowest BCUT2D eigenvalue weighted by molar-refractivity contribution is 0.822. The molecule has 0 fully saturated rings. The van der Waals surface area contributed by atoms with Crippen LogP contribution in [0.5, 0.6) is 0 Å². The zero-order valence-corrected chi connectivity index (χ0v) is 4.15. The van der Waals surface area contributed by atoms with Gasteiger partial charge in [0.2, 0.25) is 0 Å². The molecule has 0 aliphatic rings. The second-order valence-corrected chi connectivity index (χ2v) is 0.986. The maximum absolute atomic E-state index is 5.05. The molecule has 0 aliphatic carbocycles. The van der Waals surface area contributed by atoms with Crippen LogP contribution in [0, 0.1) is 0 Å². The molecule has 0 spiro atoms. The molecular weight excluding hydrogens is 90.1 g/mol. The fourth-order valence-electron chi connectivity index (χ4n) is 0.174. The second-order valence-electron chi connectivity index (χ2n) is 0.986. The molecule has 7 heavy (non-hydrogen) atoms. The zero-order valence-electron chi connectivity index (χ0n) is 4.15. The van der Waals surface area contributed by atoms with E-state index in [2.05, 4.69) is 23.6 Å². The standard InChI is InChI=1S/C4H9N3/c1-4(6-2)7-3-5/h7H,1-3,5H2. The van der Waals surface area contributed by atoms with E-state index >= 15 is 0 Å². The molecule has 0 aromatic carbocycles. The summed E-state index contributed by atoms with van der Waals surface area (Å²) in [5.41, 5.74) is 5.05. The first-order valence-electron chi connectivity index (χ1n) is 1.91. The van der Waals surface area contributed by atoms with Gasteiger partial charge in [0.05, 0.1) is 6.67 Å². The Bertz CT molecular complexity index is 77.0. The Morgan fingerprint density at radius 3 is 2.57 bits per heavy atom. The van der Waals surface area contributed by atoms with Crippen LogP contribution in [0.4, 0.5) is 0 Å². The maximum Gasteiger partial charge on any atom is 0.118 e. The summed E-state index contributed by atoms with van der Waals surface area (Å²) < 4.78 is 0. The van der Waals surface area contributed by atoms with Crippen LogP contribution in [0.25, 0.3) is 0 Å². The van der Waals surface area contributed by atoms with Gasteiger partial charge in [-0.25, -0.2) is 4.99 Å². The first kappa shape index (κ1) is 6.17. The second kappa shape index (κ2) is 3.36. The van der Waals surface area contributed by atoms with Gasteiger partial charge in [0.15, 0.2) is 0 Å². The smallest absolute Gasteiger partial charge is 0.118 e. The summed E-state index contributed by atoms with van der Waals surface area (Å²) in [5.74, 6) is 0.516. The number of nitrogens with zero attached hydrogens (tertiary/aromatic N) is 1. The van der Waals surface area contributed by atoms with Crippen LogP contribution >= 0.6 is 0 Å². The lowest BCUT2D eigenvalue weighted by atomic mass is 10.8. The Morgan fingerprint density at radius 1 is 1.86 bits per heavy atom. The lowest BCUT2D eigenvalue weighted by Crippen LogP contribution is -2.19. The normalized spacial score (nSPS) is 7.57. The van der Waals surface area contributed by atoms with Crippen molar-refractivity contribution in [3.63, 3.8) is 0 Å². The molecule has 0 aromatic heterocycles. The predicted molar refractivity (Wildman–Crippen MR) is 30.9 cm³/mol. The summed E-state index contributed by atoms with van der Waals surface area (Å²) >= 11 is 0. The highest BCUT2D eigenvalue weighted by molar-refractivity contribution is 5.27. The van der Waals surface area contributed by atoms with Gasteiger partial charge in [-0.2, -0.15) is 0 Å². The van der Waals surface area contributed by atoms with Gasteiger partial charge in [-0.15, -0.1) is 0 Å². The number of hydrogen-bond acceptors (Lipinski definition) is 3. The van der Waals surface area contributed by atoms with Crippen molar-refractivity contribution >= 4 is 6.72 Å². The van der Waals surface area contributed by atoms with E-state index in [4.69, 9.17) is 5.73 Å². The lowest BCUT2D eigenvalue weighted by Gasteiger charge is -1.96. The predicted octanol–water partition coefficient (Wildman–Crippen LogP) is -0.336. The van der Waals surface area contributed by atoms with Crippen molar-refractivity contribution in [3.8, 4) is 0 Å². The van der Waals surface area contributed by atoms with Gasteiger partial charge in [-0.3, -0.25) is 0 Å². The number of aliphatic imine (C=N–C) groups is 1. The molecule has 0 bridgehead atoms. The van der Waals surface area contributed by atoms with E-state index in [1.54, 1.807) is 0 Å². The van der Waals surface area contributed by atoms with E-state index in [9.17, 15) is 0 Å². The molecule has 3 nitrogen and oxygen atoms in total. The van der Waals surface area contributed by atoms with E-state index in [0.29, 0.717) is 12.5 Å². The van der Waals surface area contributed by atoms with E-state index < -0.39 is 0 Å². The molecule has 0 radical (unpaired) electrons. The molecule has 0 aromatic rings. The first-order chi connectivity index (χ1) is 3.31. The highest BCUT2D eigenvalue weighted by atomic mass is 15.1. The first-order valence-corrected chi connectivity index (χ1v) is 1.91. The molecule has 0 aliphatic heterocycles. The van der Waals surface area contributed by atoms with Gasteiger partial charge in [0.25, 0.3) is 0 Å². The molecule has 0 heterocycles. The van der Waals surface area contributed by atoms with Gasteiger partial charge in [-0.05, 0) is 6.72 Å². The monoisotopic (exact) mass is 99.1 g/mol. The number of nitrogens with one attached hydrogen (secondary N) is 1. The van der Waals surface area contributed by atoms with E-state index in [1.165, 1.54) is 0 Å². The van der Waals surface area contributed by atoms with Crippen molar-refractivity contribution in [1.82, 2.24) is 5.32 Å². The minimum absolute atomic E-state index is 0.359. The van der Waals surface area contributed by atoms with Crippen molar-refractivity contribution in [2.75, 3.05) is 6.67 Å². The highest BCUT2D eigenvalue weighted by Crippen LogP contribution is 1.76. The highest BCUT2D eigenvalue weighted by Gasteiger charge is 1.76. The third-order valence-corrected chi connectivity index (χ3v) is 0.497. The Kier molecular flexibility index (Phi) is 2.96. The third kappa shape index (κ3) is 2.99. The molecule has 0 rings (SSSR count). The van der Waals surface area contributed by atoms with Crippen molar-refractivity contribution in [1.29, 1.82) is 0 Å². The summed E-state index contributed by atoms with van der Waals surface area (Å²) in [6, 6.07) is 0. The Hall–Kier alpha value is -0.830. The minimum atomic E-state index is 0.359. The van der Waals surface area contributed by atoms with Crippen LogP contribution in [0.15, 0.2) is 17.4 Å². The van der Waals surface area contributed by atoms with Crippen LogP contribution in [0.2, 0.25) is 0 Å². The number of rotatable bonds is 3. The molecule has 3 N–H and O–H groups in total. The van der Waals surface area contributed by atoms with Crippen LogP contribution in [-0.2, 0) is 0 Å². The zero-order chi connectivity index (χ0) is 5.70. The Balaban J connectivity index is 3.17. The van der Waals surface area contributed by atoms with E-state index in [1.807, 2.05) is 0 Å². The van der Waals surface area contributed by atoms with Crippen LogP contribution < -0.4 is 11.1 Å². The maximum atomic E-state index is 5.05. The summed E-state index contributed by atoms with van der Waals surface area (Å²) in [4.78, 5) is 3.44. The third-order valence-electron chi connectivity index (χ3n) is 0.497. The van der Waals surface area contributed by atoms with E-state index in [0.717, 1.165) is 0 Å². The van der Waals surface area contributed by atoms with Gasteiger partial charge >= 0.3 is 0 Å². The summed E-state index contributed by atoms with van der Waals surface area (Å²) in [6.45, 7) is 7.01. The fourth-order valence-corrected chi connectivity index (χ4v) is 0.174. The summed E-state index contributed by atoms with van der Waals surface area (Å²) in [7, 11) is 0. The quantitative estimate of drug-likeness (QED) is 0.376. The largest absolute Gasteiger partial charge is 0.358 e. The minimum Gasteiger partial charge on any atom is -0.358 e. The van der Waals surface area contributed by atoms with Gasteiger partial charge in [0, 0.05) is 0 Å². The average molecular weight is 99.1 g/mol. The molecule has 3 heteroatoms. The molecule has 0 amide bonds.